The first kappa shape index (κ1) is 21.4. The van der Waals surface area contributed by atoms with Crippen LogP contribution >= 0.6 is 23.1 Å². The number of aromatic nitrogens is 3. The largest absolute Gasteiger partial charge is 0.493 e. The summed E-state index contributed by atoms with van der Waals surface area (Å²) in [5.41, 5.74) is 2.56. The maximum Gasteiger partial charge on any atom is 0.262 e. The van der Waals surface area contributed by atoms with Crippen molar-refractivity contribution in [3.63, 3.8) is 0 Å². The molecule has 0 saturated heterocycles. The van der Waals surface area contributed by atoms with Gasteiger partial charge in [-0.05, 0) is 30.7 Å². The van der Waals surface area contributed by atoms with Gasteiger partial charge in [0.2, 0.25) is 0 Å². The monoisotopic (exact) mass is 453 g/mol. The number of rotatable bonds is 8. The van der Waals surface area contributed by atoms with Crippen molar-refractivity contribution in [1.82, 2.24) is 14.5 Å². The molecule has 2 aromatic heterocycles. The van der Waals surface area contributed by atoms with Gasteiger partial charge < -0.3 is 9.47 Å². The van der Waals surface area contributed by atoms with E-state index in [9.17, 15) is 4.79 Å². The number of fused-ring (bicyclic) bond motifs is 1. The smallest absolute Gasteiger partial charge is 0.262 e. The lowest BCUT2D eigenvalue weighted by atomic mass is 10.2. The van der Waals surface area contributed by atoms with Crippen molar-refractivity contribution in [2.24, 2.45) is 0 Å². The molecule has 0 unspecified atom stereocenters. The minimum absolute atomic E-state index is 0.00929. The Labute approximate surface area is 188 Å². The highest BCUT2D eigenvalue weighted by atomic mass is 32.2. The summed E-state index contributed by atoms with van der Waals surface area (Å²) in [6, 6.07) is 13.3. The number of thioether (sulfide) groups is 1. The summed E-state index contributed by atoms with van der Waals surface area (Å²) in [5.74, 6) is 1.97. The van der Waals surface area contributed by atoms with E-state index < -0.39 is 0 Å². The van der Waals surface area contributed by atoms with Crippen LogP contribution in [0.5, 0.6) is 11.5 Å². The third-order valence-corrected chi connectivity index (χ3v) is 6.74. The van der Waals surface area contributed by atoms with Crippen LogP contribution in [0, 0.1) is 0 Å². The molecule has 0 spiro atoms. The van der Waals surface area contributed by atoms with Gasteiger partial charge in [0.15, 0.2) is 16.7 Å². The Bertz CT molecular complexity index is 1270. The average molecular weight is 454 g/mol. The van der Waals surface area contributed by atoms with Crippen LogP contribution in [0.25, 0.3) is 21.5 Å². The van der Waals surface area contributed by atoms with E-state index in [0.717, 1.165) is 33.4 Å². The third-order valence-electron chi connectivity index (χ3n) is 4.81. The van der Waals surface area contributed by atoms with Crippen LogP contribution in [0.2, 0.25) is 0 Å². The van der Waals surface area contributed by atoms with Crippen LogP contribution in [0.15, 0.2) is 57.8 Å². The quantitative estimate of drug-likeness (QED) is 0.269. The minimum Gasteiger partial charge on any atom is -0.493 e. The average Bonchev–Trinajstić information content (AvgIpc) is 3.28. The molecule has 31 heavy (non-hydrogen) atoms. The van der Waals surface area contributed by atoms with Crippen LogP contribution in [0.4, 0.5) is 0 Å². The van der Waals surface area contributed by atoms with Gasteiger partial charge >= 0.3 is 0 Å². The molecular weight excluding hydrogens is 430 g/mol. The number of hydrogen-bond donors (Lipinski definition) is 0. The van der Waals surface area contributed by atoms with Crippen LogP contribution in [0.1, 0.15) is 19.0 Å². The predicted octanol–water partition coefficient (Wildman–Crippen LogP) is 5.24. The van der Waals surface area contributed by atoms with E-state index in [1.807, 2.05) is 47.8 Å². The Hall–Kier alpha value is -2.84. The van der Waals surface area contributed by atoms with Crippen molar-refractivity contribution in [3.05, 3.63) is 63.9 Å². The molecule has 0 bridgehead atoms. The number of methoxy groups -OCH3 is 2. The summed E-state index contributed by atoms with van der Waals surface area (Å²) < 4.78 is 12.7. The molecule has 0 radical (unpaired) electrons. The van der Waals surface area contributed by atoms with Crippen molar-refractivity contribution in [2.45, 2.75) is 30.8 Å². The molecule has 0 N–H and O–H groups in total. The molecule has 0 amide bonds. The highest BCUT2D eigenvalue weighted by molar-refractivity contribution is 7.98. The minimum atomic E-state index is 0.00929. The molecule has 0 aliphatic carbocycles. The molecule has 0 aliphatic heterocycles. The standard InChI is InChI=1S/C23H23N3O3S2/c1-4-12-26-22(27)16-8-5-6-10-18(16)25-23(26)31-14-15-13-30-21(24-15)17-9-7-11-19(28-2)20(17)29-3/h5-11,13H,4,12,14H2,1-3H3. The van der Waals surface area contributed by atoms with Gasteiger partial charge in [0.25, 0.3) is 5.56 Å². The fraction of sp³-hybridized carbons (Fsp3) is 0.261. The molecule has 0 fully saturated rings. The number of para-hydroxylation sites is 2. The molecule has 2 aromatic carbocycles. The SMILES string of the molecule is CCCn1c(SCc2csc(-c3cccc(OC)c3OC)n2)nc2ccccc2c1=O. The number of nitrogens with zero attached hydrogens (tertiary/aromatic N) is 3. The van der Waals surface area contributed by atoms with E-state index in [1.165, 1.54) is 11.8 Å². The van der Waals surface area contributed by atoms with Crippen molar-refractivity contribution >= 4 is 34.0 Å². The summed E-state index contributed by atoms with van der Waals surface area (Å²) in [6.07, 6.45) is 0.865. The molecule has 0 aliphatic rings. The lowest BCUT2D eigenvalue weighted by molar-refractivity contribution is 0.356. The van der Waals surface area contributed by atoms with Crippen LogP contribution in [-0.2, 0) is 12.3 Å². The van der Waals surface area contributed by atoms with Gasteiger partial charge in [0, 0.05) is 17.7 Å². The Morgan fingerprint density at radius 2 is 1.90 bits per heavy atom. The molecular formula is C23H23N3O3S2. The lowest BCUT2D eigenvalue weighted by Crippen LogP contribution is -2.23. The third kappa shape index (κ3) is 4.31. The van der Waals surface area contributed by atoms with E-state index in [4.69, 9.17) is 19.4 Å². The Kier molecular flexibility index (Phi) is 6.58. The van der Waals surface area contributed by atoms with Crippen molar-refractivity contribution in [3.8, 4) is 22.1 Å². The highest BCUT2D eigenvalue weighted by Gasteiger charge is 2.16. The van der Waals surface area contributed by atoms with E-state index in [2.05, 4.69) is 6.92 Å². The van der Waals surface area contributed by atoms with Crippen LogP contribution in [-0.4, -0.2) is 28.8 Å². The number of ether oxygens (including phenoxy) is 2. The van der Waals surface area contributed by atoms with Crippen molar-refractivity contribution in [1.29, 1.82) is 0 Å². The van der Waals surface area contributed by atoms with Crippen molar-refractivity contribution in [2.75, 3.05) is 14.2 Å². The molecule has 6 nitrogen and oxygen atoms in total. The second kappa shape index (κ2) is 9.53. The van der Waals surface area contributed by atoms with Gasteiger partial charge in [-0.25, -0.2) is 9.97 Å². The summed E-state index contributed by atoms with van der Waals surface area (Å²) in [4.78, 5) is 22.5. The highest BCUT2D eigenvalue weighted by Crippen LogP contribution is 2.39. The van der Waals surface area contributed by atoms with Gasteiger partial charge in [0.05, 0.1) is 36.4 Å². The van der Waals surface area contributed by atoms with Gasteiger partial charge in [-0.3, -0.25) is 9.36 Å². The number of hydrogen-bond acceptors (Lipinski definition) is 7. The van der Waals surface area contributed by atoms with E-state index in [-0.39, 0.29) is 5.56 Å². The van der Waals surface area contributed by atoms with Crippen molar-refractivity contribution < 1.29 is 9.47 Å². The Morgan fingerprint density at radius 3 is 2.68 bits per heavy atom. The van der Waals surface area contributed by atoms with E-state index in [0.29, 0.717) is 29.2 Å². The maximum absolute atomic E-state index is 12.9. The fourth-order valence-corrected chi connectivity index (χ4v) is 5.23. The topological polar surface area (TPSA) is 66.2 Å². The fourth-order valence-electron chi connectivity index (χ4n) is 3.37. The summed E-state index contributed by atoms with van der Waals surface area (Å²) in [7, 11) is 3.25. The molecule has 0 saturated carbocycles. The van der Waals surface area contributed by atoms with Gasteiger partial charge in [-0.15, -0.1) is 11.3 Å². The zero-order valence-corrected chi connectivity index (χ0v) is 19.3. The summed E-state index contributed by atoms with van der Waals surface area (Å²) in [5, 5.41) is 4.27. The van der Waals surface area contributed by atoms with Gasteiger partial charge in [-0.2, -0.15) is 0 Å². The summed E-state index contributed by atoms with van der Waals surface area (Å²) in [6.45, 7) is 2.70. The first-order chi connectivity index (χ1) is 15.2. The lowest BCUT2D eigenvalue weighted by Gasteiger charge is -2.12. The number of benzene rings is 2. The van der Waals surface area contributed by atoms with Gasteiger partial charge in [0.1, 0.15) is 5.01 Å². The molecule has 160 valence electrons. The Balaban J connectivity index is 1.62. The van der Waals surface area contributed by atoms with Gasteiger partial charge in [-0.1, -0.05) is 36.9 Å². The normalized spacial score (nSPS) is 11.1. The number of thiazole rings is 1. The maximum atomic E-state index is 12.9. The van der Waals surface area contributed by atoms with Crippen LogP contribution in [0.3, 0.4) is 0 Å². The van der Waals surface area contributed by atoms with E-state index >= 15 is 0 Å². The Morgan fingerprint density at radius 1 is 1.06 bits per heavy atom. The second-order valence-electron chi connectivity index (χ2n) is 6.84. The molecule has 4 rings (SSSR count). The van der Waals surface area contributed by atoms with Crippen LogP contribution < -0.4 is 15.0 Å². The molecule has 4 aromatic rings. The van der Waals surface area contributed by atoms with E-state index in [1.54, 1.807) is 30.1 Å². The summed E-state index contributed by atoms with van der Waals surface area (Å²) >= 11 is 3.09. The second-order valence-corrected chi connectivity index (χ2v) is 8.64. The zero-order valence-electron chi connectivity index (χ0n) is 17.6. The molecule has 2 heterocycles. The zero-order chi connectivity index (χ0) is 21.8. The molecule has 0 atom stereocenters. The first-order valence-electron chi connectivity index (χ1n) is 9.94. The first-order valence-corrected chi connectivity index (χ1v) is 11.8. The molecule has 8 heteroatoms. The predicted molar refractivity (Wildman–Crippen MR) is 127 cm³/mol.